The number of benzene rings is 2. The van der Waals surface area contributed by atoms with Gasteiger partial charge < -0.3 is 15.0 Å². The third-order valence-corrected chi connectivity index (χ3v) is 6.14. The number of hydrogen-bond acceptors (Lipinski definition) is 6. The highest BCUT2D eigenvalue weighted by Gasteiger charge is 2.27. The van der Waals surface area contributed by atoms with E-state index in [9.17, 15) is 4.79 Å². The molecule has 0 spiro atoms. The number of aromatic nitrogens is 2. The first-order valence-corrected chi connectivity index (χ1v) is 11.0. The Bertz CT molecular complexity index is 976. The molecule has 3 aromatic rings. The minimum atomic E-state index is -0.0202. The maximum absolute atomic E-state index is 12.7. The molecule has 1 aliphatic heterocycles. The largest absolute Gasteiger partial charge is 0.497 e. The molecule has 1 aliphatic rings. The second kappa shape index (κ2) is 9.71. The highest BCUT2D eigenvalue weighted by molar-refractivity contribution is 7.09. The zero-order valence-corrected chi connectivity index (χ0v) is 17.9. The van der Waals surface area contributed by atoms with Gasteiger partial charge in [0.1, 0.15) is 11.6 Å². The van der Waals surface area contributed by atoms with Crippen LogP contribution in [-0.2, 0) is 17.8 Å². The van der Waals surface area contributed by atoms with Crippen molar-refractivity contribution >= 4 is 22.6 Å². The van der Waals surface area contributed by atoms with E-state index in [0.717, 1.165) is 47.2 Å². The zero-order chi connectivity index (χ0) is 20.8. The summed E-state index contributed by atoms with van der Waals surface area (Å²) in [6.45, 7) is 2.17. The molecule has 0 unspecified atom stereocenters. The lowest BCUT2D eigenvalue weighted by molar-refractivity contribution is -0.125. The van der Waals surface area contributed by atoms with Gasteiger partial charge >= 0.3 is 0 Å². The van der Waals surface area contributed by atoms with Gasteiger partial charge in [-0.1, -0.05) is 42.5 Å². The number of piperidine rings is 1. The predicted octanol–water partition coefficient (Wildman–Crippen LogP) is 3.67. The number of hydrogen-bond donors (Lipinski definition) is 1. The van der Waals surface area contributed by atoms with E-state index in [1.54, 1.807) is 7.11 Å². The number of methoxy groups -OCH3 is 1. The summed E-state index contributed by atoms with van der Waals surface area (Å²) in [5, 5.41) is 3.98. The van der Waals surface area contributed by atoms with Gasteiger partial charge in [0.2, 0.25) is 11.0 Å². The molecule has 4 rings (SSSR count). The van der Waals surface area contributed by atoms with Crippen molar-refractivity contribution in [2.24, 2.45) is 5.92 Å². The van der Waals surface area contributed by atoms with Crippen molar-refractivity contribution in [2.75, 3.05) is 25.1 Å². The molecule has 0 aliphatic carbocycles. The summed E-state index contributed by atoms with van der Waals surface area (Å²) >= 11 is 1.41. The van der Waals surface area contributed by atoms with Gasteiger partial charge in [0.05, 0.1) is 13.0 Å². The normalized spacial score (nSPS) is 16.3. The van der Waals surface area contributed by atoms with E-state index in [-0.39, 0.29) is 11.8 Å². The quantitative estimate of drug-likeness (QED) is 0.629. The Kier molecular flexibility index (Phi) is 6.59. The maximum atomic E-state index is 12.7. The second-order valence-corrected chi connectivity index (χ2v) is 8.24. The lowest BCUT2D eigenvalue weighted by atomic mass is 9.97. The summed E-state index contributed by atoms with van der Waals surface area (Å²) in [6, 6.07) is 18.0. The molecule has 0 saturated carbocycles. The number of anilines is 1. The second-order valence-electron chi connectivity index (χ2n) is 7.51. The molecule has 30 heavy (non-hydrogen) atoms. The SMILES string of the molecule is COc1cccc(Cc2nsc(N3CCC[C@H](C(=O)NCc4ccccc4)C3)n2)c1. The van der Waals surface area contributed by atoms with Crippen LogP contribution in [0.25, 0.3) is 0 Å². The van der Waals surface area contributed by atoms with E-state index < -0.39 is 0 Å². The molecule has 1 fully saturated rings. The van der Waals surface area contributed by atoms with Gasteiger partial charge in [-0.25, -0.2) is 4.98 Å². The number of carbonyl (C=O) groups is 1. The molecule has 2 heterocycles. The number of nitrogens with one attached hydrogen (secondary N) is 1. The molecule has 0 radical (unpaired) electrons. The molecule has 6 nitrogen and oxygen atoms in total. The Labute approximate surface area is 181 Å². The topological polar surface area (TPSA) is 67.3 Å². The Hall–Kier alpha value is -2.93. The van der Waals surface area contributed by atoms with Crippen molar-refractivity contribution in [3.63, 3.8) is 0 Å². The Balaban J connectivity index is 1.34. The smallest absolute Gasteiger partial charge is 0.225 e. The molecule has 1 saturated heterocycles. The highest BCUT2D eigenvalue weighted by atomic mass is 32.1. The fourth-order valence-corrected chi connectivity index (χ4v) is 4.42. The summed E-state index contributed by atoms with van der Waals surface area (Å²) < 4.78 is 9.83. The molecule has 1 N–H and O–H groups in total. The minimum Gasteiger partial charge on any atom is -0.497 e. The lowest BCUT2D eigenvalue weighted by Gasteiger charge is -2.31. The maximum Gasteiger partial charge on any atom is 0.225 e. The number of carbonyl (C=O) groups excluding carboxylic acids is 1. The van der Waals surface area contributed by atoms with E-state index in [1.807, 2.05) is 48.5 Å². The molecule has 2 aromatic carbocycles. The van der Waals surface area contributed by atoms with Crippen molar-refractivity contribution in [3.05, 3.63) is 71.5 Å². The Morgan fingerprint density at radius 3 is 2.87 bits per heavy atom. The first-order valence-electron chi connectivity index (χ1n) is 10.2. The van der Waals surface area contributed by atoms with Crippen LogP contribution >= 0.6 is 11.5 Å². The van der Waals surface area contributed by atoms with Gasteiger partial charge in [0.15, 0.2) is 0 Å². The third kappa shape index (κ3) is 5.16. The molecule has 156 valence electrons. The van der Waals surface area contributed by atoms with Crippen LogP contribution in [0.3, 0.4) is 0 Å². The van der Waals surface area contributed by atoms with Gasteiger partial charge in [0, 0.05) is 37.6 Å². The van der Waals surface area contributed by atoms with E-state index >= 15 is 0 Å². The molecule has 1 atom stereocenters. The predicted molar refractivity (Wildman–Crippen MR) is 119 cm³/mol. The third-order valence-electron chi connectivity index (χ3n) is 5.33. The van der Waals surface area contributed by atoms with Crippen LogP contribution in [0.5, 0.6) is 5.75 Å². The summed E-state index contributed by atoms with van der Waals surface area (Å²) in [6.07, 6.45) is 2.56. The van der Waals surface area contributed by atoms with Crippen LogP contribution in [0, 0.1) is 5.92 Å². The number of nitrogens with zero attached hydrogens (tertiary/aromatic N) is 3. The van der Waals surface area contributed by atoms with Crippen LogP contribution < -0.4 is 15.0 Å². The standard InChI is InChI=1S/C23H26N4O2S/c1-29-20-11-5-9-18(13-20)14-21-25-23(30-26-21)27-12-6-10-19(16-27)22(28)24-15-17-7-3-2-4-8-17/h2-5,7-9,11,13,19H,6,10,12,14-16H2,1H3,(H,24,28)/t19-/m0/s1. The Morgan fingerprint density at radius 1 is 1.20 bits per heavy atom. The van der Waals surface area contributed by atoms with Crippen LogP contribution in [-0.4, -0.2) is 35.5 Å². The summed E-state index contributed by atoms with van der Waals surface area (Å²) in [5.74, 6) is 1.74. The molecule has 1 amide bonds. The molecule has 1 aromatic heterocycles. The van der Waals surface area contributed by atoms with Crippen LogP contribution in [0.4, 0.5) is 5.13 Å². The average Bonchev–Trinajstić information content (AvgIpc) is 3.27. The van der Waals surface area contributed by atoms with E-state index in [1.165, 1.54) is 11.5 Å². The summed E-state index contributed by atoms with van der Waals surface area (Å²) in [7, 11) is 1.67. The lowest BCUT2D eigenvalue weighted by Crippen LogP contribution is -2.43. The first kappa shape index (κ1) is 20.3. The molecular weight excluding hydrogens is 396 g/mol. The van der Waals surface area contributed by atoms with E-state index in [0.29, 0.717) is 19.5 Å². The fourth-order valence-electron chi connectivity index (χ4n) is 3.70. The van der Waals surface area contributed by atoms with Crippen molar-refractivity contribution in [3.8, 4) is 5.75 Å². The van der Waals surface area contributed by atoms with E-state index in [4.69, 9.17) is 9.72 Å². The fraction of sp³-hybridized carbons (Fsp3) is 0.348. The summed E-state index contributed by atoms with van der Waals surface area (Å²) in [4.78, 5) is 19.6. The number of rotatable bonds is 7. The van der Waals surface area contributed by atoms with Gasteiger partial charge in [-0.2, -0.15) is 4.37 Å². The van der Waals surface area contributed by atoms with Crippen molar-refractivity contribution in [1.82, 2.24) is 14.7 Å². The average molecular weight is 423 g/mol. The first-order chi connectivity index (χ1) is 14.7. The zero-order valence-electron chi connectivity index (χ0n) is 17.1. The van der Waals surface area contributed by atoms with E-state index in [2.05, 4.69) is 20.7 Å². The van der Waals surface area contributed by atoms with Crippen molar-refractivity contribution < 1.29 is 9.53 Å². The van der Waals surface area contributed by atoms with Gasteiger partial charge in [-0.15, -0.1) is 0 Å². The van der Waals surface area contributed by atoms with Gasteiger partial charge in [0.25, 0.3) is 0 Å². The van der Waals surface area contributed by atoms with Crippen LogP contribution in [0.1, 0.15) is 29.8 Å². The van der Waals surface area contributed by atoms with Gasteiger partial charge in [-0.05, 0) is 36.1 Å². The van der Waals surface area contributed by atoms with Crippen LogP contribution in [0.2, 0.25) is 0 Å². The monoisotopic (exact) mass is 422 g/mol. The Morgan fingerprint density at radius 2 is 2.03 bits per heavy atom. The van der Waals surface area contributed by atoms with Crippen LogP contribution in [0.15, 0.2) is 54.6 Å². The van der Waals surface area contributed by atoms with Crippen molar-refractivity contribution in [2.45, 2.75) is 25.8 Å². The molecule has 0 bridgehead atoms. The minimum absolute atomic E-state index is 0.0202. The van der Waals surface area contributed by atoms with Gasteiger partial charge in [-0.3, -0.25) is 4.79 Å². The number of amides is 1. The summed E-state index contributed by atoms with van der Waals surface area (Å²) in [5.41, 5.74) is 2.24. The number of ether oxygens (including phenoxy) is 1. The molecular formula is C23H26N4O2S. The molecule has 7 heteroatoms. The highest BCUT2D eigenvalue weighted by Crippen LogP contribution is 2.26. The van der Waals surface area contributed by atoms with Crippen molar-refractivity contribution in [1.29, 1.82) is 0 Å².